The second kappa shape index (κ2) is 6.71. The minimum Gasteiger partial charge on any atom is -0.480 e. The summed E-state index contributed by atoms with van der Waals surface area (Å²) < 4.78 is 29.8. The molecule has 0 saturated carbocycles. The zero-order chi connectivity index (χ0) is 14.3. The average molecular weight is 281 g/mol. The van der Waals surface area contributed by atoms with Gasteiger partial charge in [0, 0.05) is 18.7 Å². The van der Waals surface area contributed by atoms with Gasteiger partial charge in [0.1, 0.15) is 0 Å². The van der Waals surface area contributed by atoms with Crippen LogP contribution in [0.3, 0.4) is 0 Å². The quantitative estimate of drug-likeness (QED) is 0.323. The van der Waals surface area contributed by atoms with Gasteiger partial charge in [-0.25, -0.2) is 4.79 Å². The number of amides is 1. The van der Waals surface area contributed by atoms with Gasteiger partial charge in [0.05, 0.1) is 0 Å². The summed E-state index contributed by atoms with van der Waals surface area (Å²) in [5, 5.41) is 16.7. The van der Waals surface area contributed by atoms with Crippen LogP contribution in [0, 0.1) is 0 Å². The predicted octanol–water partition coefficient (Wildman–Crippen LogP) is -1.53. The van der Waals surface area contributed by atoms with Crippen molar-refractivity contribution in [3.8, 4) is 0 Å². The van der Waals surface area contributed by atoms with Crippen LogP contribution in [0.25, 0.3) is 0 Å². The molecule has 1 unspecified atom stereocenters. The lowest BCUT2D eigenvalue weighted by Gasteiger charge is -2.08. The molecule has 0 aliphatic carbocycles. The van der Waals surface area contributed by atoms with E-state index in [0.717, 1.165) is 0 Å². The lowest BCUT2D eigenvalue weighted by Crippen LogP contribution is -2.34. The number of rotatable bonds is 7. The summed E-state index contributed by atoms with van der Waals surface area (Å²) in [7, 11) is -4.75. The maximum Gasteiger partial charge on any atom is 0.328 e. The van der Waals surface area contributed by atoms with Crippen molar-refractivity contribution in [1.82, 2.24) is 5.32 Å². The van der Waals surface area contributed by atoms with Crippen molar-refractivity contribution in [2.24, 2.45) is 0 Å². The molecular formula is C8H11NO8S. The third-order valence-electron chi connectivity index (χ3n) is 1.72. The van der Waals surface area contributed by atoms with Gasteiger partial charge in [0.25, 0.3) is 10.1 Å². The number of carboxylic acid groups (broad SMARTS) is 2. The molecule has 10 heteroatoms. The first-order valence-electron chi connectivity index (χ1n) is 4.52. The Balaban J connectivity index is 4.29. The summed E-state index contributed by atoms with van der Waals surface area (Å²) in [6, 6.07) is 0. The summed E-state index contributed by atoms with van der Waals surface area (Å²) in [6.07, 6.45) is 0.708. The molecule has 0 spiro atoms. The third kappa shape index (κ3) is 6.60. The lowest BCUT2D eigenvalue weighted by atomic mass is 10.3. The van der Waals surface area contributed by atoms with E-state index in [1.165, 1.54) is 0 Å². The molecule has 1 amide bonds. The Morgan fingerprint density at radius 2 is 1.72 bits per heavy atom. The second-order valence-corrected chi connectivity index (χ2v) is 4.69. The van der Waals surface area contributed by atoms with Crippen LogP contribution in [-0.2, 0) is 24.5 Å². The van der Waals surface area contributed by atoms with Crippen molar-refractivity contribution in [2.45, 2.75) is 11.7 Å². The summed E-state index contributed by atoms with van der Waals surface area (Å²) in [5.74, 6) is -3.91. The zero-order valence-electron chi connectivity index (χ0n) is 8.94. The van der Waals surface area contributed by atoms with Crippen molar-refractivity contribution < 1.29 is 37.6 Å². The number of hydrogen-bond donors (Lipinski definition) is 4. The zero-order valence-corrected chi connectivity index (χ0v) is 9.75. The van der Waals surface area contributed by atoms with E-state index in [1.807, 2.05) is 0 Å². The molecule has 0 aromatic carbocycles. The number of carboxylic acids is 2. The van der Waals surface area contributed by atoms with Gasteiger partial charge in [-0.15, -0.1) is 0 Å². The van der Waals surface area contributed by atoms with Crippen molar-refractivity contribution in [1.29, 1.82) is 0 Å². The van der Waals surface area contributed by atoms with E-state index in [2.05, 4.69) is 5.32 Å². The predicted molar refractivity (Wildman–Crippen MR) is 57.4 cm³/mol. The van der Waals surface area contributed by atoms with Gasteiger partial charge in [-0.1, -0.05) is 0 Å². The van der Waals surface area contributed by atoms with Gasteiger partial charge in [-0.2, -0.15) is 8.42 Å². The van der Waals surface area contributed by atoms with Crippen molar-refractivity contribution in [2.75, 3.05) is 6.54 Å². The first-order chi connectivity index (χ1) is 8.14. The Morgan fingerprint density at radius 1 is 1.17 bits per heavy atom. The highest BCUT2D eigenvalue weighted by atomic mass is 32.2. The number of carbonyl (C=O) groups is 3. The Hall–Kier alpha value is -1.94. The van der Waals surface area contributed by atoms with Crippen LogP contribution < -0.4 is 5.32 Å². The van der Waals surface area contributed by atoms with Crippen LogP contribution in [0.2, 0.25) is 0 Å². The van der Waals surface area contributed by atoms with E-state index < -0.39 is 39.6 Å². The smallest absolute Gasteiger partial charge is 0.328 e. The molecule has 1 atom stereocenters. The van der Waals surface area contributed by atoms with E-state index in [0.29, 0.717) is 12.2 Å². The summed E-state index contributed by atoms with van der Waals surface area (Å²) in [6.45, 7) is -0.348. The minimum atomic E-state index is -4.75. The molecule has 0 aromatic rings. The molecule has 4 N–H and O–H groups in total. The molecule has 0 aromatic heterocycles. The van der Waals surface area contributed by atoms with Crippen molar-refractivity contribution in [3.63, 3.8) is 0 Å². The van der Waals surface area contributed by atoms with Crippen LogP contribution in [0.5, 0.6) is 0 Å². The maximum absolute atomic E-state index is 10.9. The van der Waals surface area contributed by atoms with Crippen molar-refractivity contribution in [3.05, 3.63) is 12.2 Å². The Labute approximate surface area is 102 Å². The molecule has 102 valence electrons. The molecule has 0 aliphatic heterocycles. The fourth-order valence-corrected chi connectivity index (χ4v) is 1.60. The van der Waals surface area contributed by atoms with E-state index in [9.17, 15) is 22.8 Å². The van der Waals surface area contributed by atoms with E-state index in [1.54, 1.807) is 0 Å². The summed E-state index contributed by atoms with van der Waals surface area (Å²) in [5.41, 5.74) is 0. The molecule has 0 radical (unpaired) electrons. The fraction of sp³-hybridized carbons (Fsp3) is 0.375. The molecule has 0 rings (SSSR count). The monoisotopic (exact) mass is 281 g/mol. The van der Waals surface area contributed by atoms with Crippen molar-refractivity contribution >= 4 is 28.0 Å². The van der Waals surface area contributed by atoms with E-state index in [4.69, 9.17) is 14.8 Å². The first-order valence-corrected chi connectivity index (χ1v) is 6.03. The largest absolute Gasteiger partial charge is 0.480 e. The normalized spacial score (nSPS) is 13.2. The van der Waals surface area contributed by atoms with Crippen LogP contribution in [0.15, 0.2) is 12.2 Å². The molecule has 0 heterocycles. The summed E-state index contributed by atoms with van der Waals surface area (Å²) >= 11 is 0. The van der Waals surface area contributed by atoms with Gasteiger partial charge in [-0.05, 0) is 6.42 Å². The van der Waals surface area contributed by atoms with E-state index >= 15 is 0 Å². The standard InChI is InChI=1S/C8H11NO8S/c10-6(1-2-7(11)12)9-4-3-5(8(13)14)18(15,16)17/h1-2,5H,3-4H2,(H,9,10)(H,11,12)(H,13,14)(H,15,16,17)/b2-1-. The fourth-order valence-electron chi connectivity index (χ4n) is 0.932. The third-order valence-corrected chi connectivity index (χ3v) is 2.87. The molecular weight excluding hydrogens is 270 g/mol. The lowest BCUT2D eigenvalue weighted by molar-refractivity contribution is -0.137. The minimum absolute atomic E-state index is 0.348. The topological polar surface area (TPSA) is 158 Å². The molecule has 0 saturated heterocycles. The number of carbonyl (C=O) groups excluding carboxylic acids is 1. The molecule has 18 heavy (non-hydrogen) atoms. The second-order valence-electron chi connectivity index (χ2n) is 3.09. The molecule has 0 aliphatic rings. The SMILES string of the molecule is O=C(O)/C=C\C(=O)NCCC(C(=O)O)S(=O)(=O)O. The molecule has 0 fully saturated rings. The highest BCUT2D eigenvalue weighted by molar-refractivity contribution is 7.87. The Kier molecular flexibility index (Phi) is 5.99. The van der Waals surface area contributed by atoms with Gasteiger partial charge >= 0.3 is 11.9 Å². The highest BCUT2D eigenvalue weighted by Gasteiger charge is 2.30. The molecule has 9 nitrogen and oxygen atoms in total. The average Bonchev–Trinajstić information content (AvgIpc) is 2.18. The Bertz CT molecular complexity index is 465. The molecule has 0 bridgehead atoms. The van der Waals surface area contributed by atoms with Gasteiger partial charge in [-0.3, -0.25) is 14.1 Å². The highest BCUT2D eigenvalue weighted by Crippen LogP contribution is 2.03. The van der Waals surface area contributed by atoms with Crippen LogP contribution >= 0.6 is 0 Å². The van der Waals surface area contributed by atoms with Gasteiger partial charge in [0.2, 0.25) is 5.91 Å². The van der Waals surface area contributed by atoms with E-state index in [-0.39, 0.29) is 6.54 Å². The van der Waals surface area contributed by atoms with Crippen LogP contribution in [-0.4, -0.2) is 52.8 Å². The summed E-state index contributed by atoms with van der Waals surface area (Å²) in [4.78, 5) is 31.5. The van der Waals surface area contributed by atoms with Gasteiger partial charge in [0.15, 0.2) is 5.25 Å². The van der Waals surface area contributed by atoms with Crippen LogP contribution in [0.4, 0.5) is 0 Å². The Morgan fingerprint density at radius 3 is 2.11 bits per heavy atom. The number of hydrogen-bond acceptors (Lipinski definition) is 5. The van der Waals surface area contributed by atoms with Gasteiger partial charge < -0.3 is 15.5 Å². The number of aliphatic carboxylic acids is 2. The number of nitrogens with one attached hydrogen (secondary N) is 1. The first kappa shape index (κ1) is 16.1. The van der Waals surface area contributed by atoms with Crippen LogP contribution in [0.1, 0.15) is 6.42 Å². The maximum atomic E-state index is 10.9.